The number of aromatic nitrogens is 1. The van der Waals surface area contributed by atoms with Crippen LogP contribution < -0.4 is 15.4 Å². The molecule has 3 aromatic rings. The predicted octanol–water partition coefficient (Wildman–Crippen LogP) is 1.84. The molecule has 0 radical (unpaired) electrons. The highest BCUT2D eigenvalue weighted by Gasteiger charge is 2.43. The molecule has 5 N–H and O–H groups in total. The zero-order chi connectivity index (χ0) is 28.6. The van der Waals surface area contributed by atoms with Crippen LogP contribution >= 0.6 is 0 Å². The predicted molar refractivity (Wildman–Crippen MR) is 145 cm³/mol. The molecule has 11 nitrogen and oxygen atoms in total. The molecule has 4 atom stereocenters. The van der Waals surface area contributed by atoms with Crippen molar-refractivity contribution in [3.8, 4) is 0 Å². The van der Waals surface area contributed by atoms with Crippen molar-refractivity contribution in [2.75, 3.05) is 11.0 Å². The number of nitrogens with zero attached hydrogens (tertiary/aromatic N) is 1. The second kappa shape index (κ2) is 12.9. The number of rotatable bonds is 13. The zero-order valence-electron chi connectivity index (χ0n) is 22.0. The molecule has 2 aromatic carbocycles. The third-order valence-electron chi connectivity index (χ3n) is 6.30. The van der Waals surface area contributed by atoms with Crippen LogP contribution in [0.3, 0.4) is 0 Å². The minimum atomic E-state index is -3.68. The maximum absolute atomic E-state index is 13.1. The summed E-state index contributed by atoms with van der Waals surface area (Å²) in [6.45, 7) is 3.53. The van der Waals surface area contributed by atoms with Gasteiger partial charge in [-0.15, -0.1) is 0 Å². The summed E-state index contributed by atoms with van der Waals surface area (Å²) in [5.41, 5.74) is -0.0642. The molecule has 1 heterocycles. The second-order valence-corrected chi connectivity index (χ2v) is 11.3. The van der Waals surface area contributed by atoms with E-state index in [-0.39, 0.29) is 25.1 Å². The molecular formula is C27H34N4O7S. The van der Waals surface area contributed by atoms with Crippen molar-refractivity contribution in [3.63, 3.8) is 0 Å². The number of hydrogen-bond acceptors (Lipinski definition) is 8. The zero-order valence-corrected chi connectivity index (χ0v) is 22.8. The van der Waals surface area contributed by atoms with E-state index >= 15 is 0 Å². The largest absolute Gasteiger partial charge is 0.431 e. The molecule has 39 heavy (non-hydrogen) atoms. The first-order valence-electron chi connectivity index (χ1n) is 12.4. The molecule has 3 rings (SSSR count). The van der Waals surface area contributed by atoms with Crippen molar-refractivity contribution in [1.82, 2.24) is 15.6 Å². The van der Waals surface area contributed by atoms with Crippen molar-refractivity contribution < 1.29 is 32.6 Å². The van der Waals surface area contributed by atoms with Crippen molar-refractivity contribution >= 4 is 27.9 Å². The Morgan fingerprint density at radius 2 is 1.62 bits per heavy atom. The minimum absolute atomic E-state index is 0.103. The van der Waals surface area contributed by atoms with E-state index in [9.17, 15) is 28.2 Å². The summed E-state index contributed by atoms with van der Waals surface area (Å²) in [6, 6.07) is 17.9. The maximum Gasteiger partial charge on any atom is 0.309 e. The second-order valence-electron chi connectivity index (χ2n) is 9.60. The number of anilines is 1. The molecule has 0 aliphatic carbocycles. The first kappa shape index (κ1) is 29.8. The summed E-state index contributed by atoms with van der Waals surface area (Å²) in [7, 11) is -3.68. The van der Waals surface area contributed by atoms with Crippen molar-refractivity contribution in [3.05, 3.63) is 83.7 Å². The molecule has 0 saturated heterocycles. The fourth-order valence-electron chi connectivity index (χ4n) is 4.24. The molecular weight excluding hydrogens is 524 g/mol. The lowest BCUT2D eigenvalue weighted by atomic mass is 9.79. The molecule has 0 unspecified atom stereocenters. The Labute approximate surface area is 227 Å². The quantitative estimate of drug-likeness (QED) is 0.212. The van der Waals surface area contributed by atoms with E-state index in [1.54, 1.807) is 38.1 Å². The van der Waals surface area contributed by atoms with E-state index in [4.69, 9.17) is 4.42 Å². The SMILES string of the molecule is CC[C@@H](C(=O)NCc1ccccc1)[C@@H](O)[C@H](O)[C@](C)(Cc1ccccc1)NC(=O)c1coc(NS(C)(=O)=O)n1. The van der Waals surface area contributed by atoms with Gasteiger partial charge in [-0.1, -0.05) is 67.6 Å². The highest BCUT2D eigenvalue weighted by atomic mass is 32.2. The van der Waals surface area contributed by atoms with Gasteiger partial charge < -0.3 is 25.3 Å². The average molecular weight is 559 g/mol. The van der Waals surface area contributed by atoms with Gasteiger partial charge in [-0.05, 0) is 30.9 Å². The number of carbonyl (C=O) groups is 2. The third-order valence-corrected chi connectivity index (χ3v) is 6.84. The van der Waals surface area contributed by atoms with Gasteiger partial charge in [0.2, 0.25) is 15.9 Å². The van der Waals surface area contributed by atoms with Crippen LogP contribution in [0.2, 0.25) is 0 Å². The molecule has 0 aliphatic heterocycles. The van der Waals surface area contributed by atoms with Crippen LogP contribution in [0.5, 0.6) is 0 Å². The highest BCUT2D eigenvalue weighted by molar-refractivity contribution is 7.91. The van der Waals surface area contributed by atoms with Gasteiger partial charge in [-0.2, -0.15) is 4.98 Å². The van der Waals surface area contributed by atoms with Crippen LogP contribution in [0.15, 0.2) is 71.3 Å². The molecule has 0 fully saturated rings. The lowest BCUT2D eigenvalue weighted by Gasteiger charge is -2.39. The van der Waals surface area contributed by atoms with E-state index in [0.717, 1.165) is 23.6 Å². The summed E-state index contributed by atoms with van der Waals surface area (Å²) in [5.74, 6) is -2.17. The van der Waals surface area contributed by atoms with Crippen molar-refractivity contribution in [2.45, 2.75) is 51.0 Å². The lowest BCUT2D eigenvalue weighted by Crippen LogP contribution is -2.62. The molecule has 2 amide bonds. The Balaban J connectivity index is 1.81. The number of sulfonamides is 1. The molecule has 210 valence electrons. The Kier molecular flexibility index (Phi) is 9.84. The van der Waals surface area contributed by atoms with Gasteiger partial charge in [0.05, 0.1) is 23.8 Å². The number of carbonyl (C=O) groups excluding carboxylic acids is 2. The maximum atomic E-state index is 13.1. The number of hydrogen-bond donors (Lipinski definition) is 5. The van der Waals surface area contributed by atoms with Crippen LogP contribution in [-0.2, 0) is 27.8 Å². The van der Waals surface area contributed by atoms with E-state index in [2.05, 4.69) is 15.6 Å². The molecule has 0 spiro atoms. The van der Waals surface area contributed by atoms with E-state index in [0.29, 0.717) is 0 Å². The topological polar surface area (TPSA) is 171 Å². The van der Waals surface area contributed by atoms with Gasteiger partial charge >= 0.3 is 6.01 Å². The monoisotopic (exact) mass is 558 g/mol. The fraction of sp³-hybridized carbons (Fsp3) is 0.370. The highest BCUT2D eigenvalue weighted by Crippen LogP contribution is 2.26. The number of aliphatic hydroxyl groups is 2. The van der Waals surface area contributed by atoms with Gasteiger partial charge in [0, 0.05) is 6.54 Å². The molecule has 0 saturated carbocycles. The van der Waals surface area contributed by atoms with Crippen molar-refractivity contribution in [1.29, 1.82) is 0 Å². The van der Waals surface area contributed by atoms with Crippen LogP contribution in [0, 0.1) is 5.92 Å². The van der Waals surface area contributed by atoms with Gasteiger partial charge in [0.25, 0.3) is 5.91 Å². The van der Waals surface area contributed by atoms with E-state index in [1.807, 2.05) is 41.1 Å². The molecule has 0 aliphatic rings. The summed E-state index contributed by atoms with van der Waals surface area (Å²) in [6.07, 6.45) is -0.884. The smallest absolute Gasteiger partial charge is 0.309 e. The molecule has 1 aromatic heterocycles. The van der Waals surface area contributed by atoms with Crippen molar-refractivity contribution in [2.24, 2.45) is 5.92 Å². The van der Waals surface area contributed by atoms with Gasteiger partial charge in [0.15, 0.2) is 5.69 Å². The summed E-state index contributed by atoms with van der Waals surface area (Å²) in [4.78, 5) is 29.9. The first-order valence-corrected chi connectivity index (χ1v) is 14.3. The number of aliphatic hydroxyl groups excluding tert-OH is 2. The molecule has 12 heteroatoms. The Hall–Kier alpha value is -3.74. The van der Waals surface area contributed by atoms with Gasteiger partial charge in [-0.3, -0.25) is 9.59 Å². The Morgan fingerprint density at radius 3 is 2.18 bits per heavy atom. The third kappa shape index (κ3) is 8.37. The minimum Gasteiger partial charge on any atom is -0.431 e. The summed E-state index contributed by atoms with van der Waals surface area (Å²) >= 11 is 0. The number of oxazole rings is 1. The van der Waals surface area contributed by atoms with Crippen LogP contribution in [0.4, 0.5) is 6.01 Å². The van der Waals surface area contributed by atoms with E-state index < -0.39 is 51.5 Å². The summed E-state index contributed by atoms with van der Waals surface area (Å²) in [5, 5.41) is 28.1. The van der Waals surface area contributed by atoms with Gasteiger partial charge in [0.1, 0.15) is 12.4 Å². The summed E-state index contributed by atoms with van der Waals surface area (Å²) < 4.78 is 30.0. The Bertz CT molecular complexity index is 1350. The van der Waals surface area contributed by atoms with Gasteiger partial charge in [-0.25, -0.2) is 13.1 Å². The van der Waals surface area contributed by atoms with E-state index in [1.165, 1.54) is 0 Å². The Morgan fingerprint density at radius 1 is 1.03 bits per heavy atom. The fourth-order valence-corrected chi connectivity index (χ4v) is 4.66. The number of nitrogens with one attached hydrogen (secondary N) is 3. The standard InChI is InChI=1S/C27H34N4O7S/c1-4-20(24(34)28-16-19-13-9-6-10-14-19)22(32)23(33)27(2,15-18-11-7-5-8-12-18)30-25(35)21-17-38-26(29-21)31-39(3,36)37/h5-14,17,20,22-23,32-33H,4,15-16H2,1-3H3,(H,28,34)(H,29,31)(H,30,35)/t20-,22-,23+,27+/m1/s1. The van der Waals surface area contributed by atoms with Crippen LogP contribution in [-0.4, -0.2) is 59.4 Å². The first-order chi connectivity index (χ1) is 18.4. The normalized spacial score (nSPS) is 15.4. The van der Waals surface area contributed by atoms with Crippen LogP contribution in [0.1, 0.15) is 41.9 Å². The number of benzene rings is 2. The molecule has 0 bridgehead atoms. The lowest BCUT2D eigenvalue weighted by molar-refractivity contribution is -0.135. The number of amides is 2. The average Bonchev–Trinajstić information content (AvgIpc) is 3.35. The van der Waals surface area contributed by atoms with Crippen LogP contribution in [0.25, 0.3) is 0 Å².